The largest absolute Gasteiger partial charge is 0.387 e. The van der Waals surface area contributed by atoms with E-state index in [-0.39, 0.29) is 11.8 Å². The van der Waals surface area contributed by atoms with Crippen LogP contribution in [0.3, 0.4) is 0 Å². The van der Waals surface area contributed by atoms with Crippen LogP contribution in [-0.2, 0) is 11.3 Å². The van der Waals surface area contributed by atoms with Crippen molar-refractivity contribution in [1.29, 1.82) is 0 Å². The van der Waals surface area contributed by atoms with Crippen LogP contribution in [0, 0.1) is 5.92 Å². The Morgan fingerprint density at radius 1 is 1.48 bits per heavy atom. The Kier molecular flexibility index (Phi) is 4.91. The van der Waals surface area contributed by atoms with Crippen molar-refractivity contribution in [3.63, 3.8) is 0 Å². The zero-order valence-corrected chi connectivity index (χ0v) is 13.6. The van der Waals surface area contributed by atoms with Crippen LogP contribution in [0.15, 0.2) is 24.3 Å². The fourth-order valence-corrected chi connectivity index (χ4v) is 2.73. The van der Waals surface area contributed by atoms with E-state index < -0.39 is 5.60 Å². The number of carbonyl (C=O) groups is 1. The van der Waals surface area contributed by atoms with E-state index in [9.17, 15) is 9.90 Å². The normalized spacial score (nSPS) is 17.6. The quantitative estimate of drug-likeness (QED) is 0.904. The van der Waals surface area contributed by atoms with Gasteiger partial charge in [0.15, 0.2) is 0 Å². The van der Waals surface area contributed by atoms with Gasteiger partial charge in [-0.25, -0.2) is 0 Å². The third-order valence-electron chi connectivity index (χ3n) is 4.16. The molecule has 0 aliphatic carbocycles. The zero-order valence-electron chi connectivity index (χ0n) is 12.8. The number of carbonyl (C=O) groups excluding carboxylic acids is 1. The number of likely N-dealkylation sites (N-methyl/N-ethyl adjacent to an activating group) is 1. The van der Waals surface area contributed by atoms with Crippen molar-refractivity contribution in [3.8, 4) is 0 Å². The van der Waals surface area contributed by atoms with Gasteiger partial charge in [-0.3, -0.25) is 9.69 Å². The van der Waals surface area contributed by atoms with Gasteiger partial charge >= 0.3 is 0 Å². The summed E-state index contributed by atoms with van der Waals surface area (Å²) in [6.07, 6.45) is 0. The van der Waals surface area contributed by atoms with Crippen molar-refractivity contribution in [3.05, 3.63) is 34.9 Å². The first-order valence-electron chi connectivity index (χ1n) is 7.23. The number of halogens is 1. The maximum atomic E-state index is 12.2. The lowest BCUT2D eigenvalue weighted by Gasteiger charge is -2.49. The smallest absolute Gasteiger partial charge is 0.236 e. The molecule has 0 saturated carbocycles. The lowest BCUT2D eigenvalue weighted by molar-refractivity contribution is -0.148. The van der Waals surface area contributed by atoms with E-state index in [4.69, 9.17) is 11.6 Å². The summed E-state index contributed by atoms with van der Waals surface area (Å²) < 4.78 is 0. The standard InChI is InChI=1S/C16H23ClN2O2/c1-12(2)16(21)10-19(11-16)9-15(20)18(3)8-13-5-4-6-14(17)7-13/h4-7,12,21H,8-11H2,1-3H3. The topological polar surface area (TPSA) is 43.8 Å². The van der Waals surface area contributed by atoms with Gasteiger partial charge in [0, 0.05) is 31.7 Å². The van der Waals surface area contributed by atoms with Crippen molar-refractivity contribution in [2.24, 2.45) is 5.92 Å². The minimum absolute atomic E-state index is 0.0563. The van der Waals surface area contributed by atoms with E-state index in [0.29, 0.717) is 31.2 Å². The molecule has 0 unspecified atom stereocenters. The molecule has 1 aromatic rings. The third kappa shape index (κ3) is 3.96. The van der Waals surface area contributed by atoms with Gasteiger partial charge in [-0.15, -0.1) is 0 Å². The highest BCUT2D eigenvalue weighted by Crippen LogP contribution is 2.28. The first-order valence-corrected chi connectivity index (χ1v) is 7.61. The number of likely N-dealkylation sites (tertiary alicyclic amines) is 1. The van der Waals surface area contributed by atoms with E-state index >= 15 is 0 Å². The molecular weight excluding hydrogens is 288 g/mol. The van der Waals surface area contributed by atoms with Crippen molar-refractivity contribution in [2.75, 3.05) is 26.7 Å². The second-order valence-electron chi connectivity index (χ2n) is 6.28. The number of nitrogens with zero attached hydrogens (tertiary/aromatic N) is 2. The molecule has 116 valence electrons. The molecule has 1 N–H and O–H groups in total. The Balaban J connectivity index is 1.82. The third-order valence-corrected chi connectivity index (χ3v) is 4.40. The molecule has 4 nitrogen and oxygen atoms in total. The molecule has 5 heteroatoms. The van der Waals surface area contributed by atoms with Gasteiger partial charge in [-0.05, 0) is 23.6 Å². The summed E-state index contributed by atoms with van der Waals surface area (Å²) in [6.45, 7) is 6.05. The average molecular weight is 311 g/mol. The molecule has 1 amide bonds. The number of aliphatic hydroxyl groups is 1. The lowest BCUT2D eigenvalue weighted by Crippen LogP contribution is -2.65. The van der Waals surface area contributed by atoms with Gasteiger partial charge in [0.1, 0.15) is 0 Å². The molecular formula is C16H23ClN2O2. The second kappa shape index (κ2) is 6.34. The van der Waals surface area contributed by atoms with Gasteiger partial charge < -0.3 is 10.0 Å². The van der Waals surface area contributed by atoms with Gasteiger partial charge in [0.25, 0.3) is 0 Å². The lowest BCUT2D eigenvalue weighted by atomic mass is 9.83. The van der Waals surface area contributed by atoms with Crippen molar-refractivity contribution < 1.29 is 9.90 Å². The Bertz CT molecular complexity index is 513. The summed E-state index contributed by atoms with van der Waals surface area (Å²) in [6, 6.07) is 7.52. The Morgan fingerprint density at radius 3 is 2.71 bits per heavy atom. The molecule has 2 rings (SSSR count). The maximum absolute atomic E-state index is 12.2. The maximum Gasteiger partial charge on any atom is 0.236 e. The van der Waals surface area contributed by atoms with Crippen LogP contribution in [0.2, 0.25) is 5.02 Å². The molecule has 0 atom stereocenters. The SMILES string of the molecule is CC(C)C1(O)CN(CC(=O)N(C)Cc2cccc(Cl)c2)C1. The van der Waals surface area contributed by atoms with Crippen molar-refractivity contribution >= 4 is 17.5 Å². The molecule has 1 fully saturated rings. The van der Waals surface area contributed by atoms with E-state index in [1.807, 2.05) is 43.0 Å². The van der Waals surface area contributed by atoms with E-state index in [2.05, 4.69) is 0 Å². The Hall–Kier alpha value is -1.10. The minimum atomic E-state index is -0.633. The number of β-amino-alcohol motifs (C(OH)–C–C–N with tert-alkyl or cyclic N) is 1. The summed E-state index contributed by atoms with van der Waals surface area (Å²) in [5.74, 6) is 0.272. The number of benzene rings is 1. The minimum Gasteiger partial charge on any atom is -0.387 e. The first-order chi connectivity index (χ1) is 9.80. The Morgan fingerprint density at radius 2 is 2.14 bits per heavy atom. The molecule has 1 aromatic carbocycles. The first kappa shape index (κ1) is 16.3. The highest BCUT2D eigenvalue weighted by atomic mass is 35.5. The number of amides is 1. The summed E-state index contributed by atoms with van der Waals surface area (Å²) in [5, 5.41) is 10.9. The molecule has 0 aromatic heterocycles. The van der Waals surface area contributed by atoms with Crippen LogP contribution in [0.5, 0.6) is 0 Å². The molecule has 21 heavy (non-hydrogen) atoms. The van der Waals surface area contributed by atoms with Crippen LogP contribution in [0.25, 0.3) is 0 Å². The second-order valence-corrected chi connectivity index (χ2v) is 6.72. The monoisotopic (exact) mass is 310 g/mol. The molecule has 0 spiro atoms. The number of hydrogen-bond acceptors (Lipinski definition) is 3. The fourth-order valence-electron chi connectivity index (χ4n) is 2.51. The molecule has 0 radical (unpaired) electrons. The predicted molar refractivity (Wildman–Crippen MR) is 84.2 cm³/mol. The van der Waals surface area contributed by atoms with Crippen molar-refractivity contribution in [2.45, 2.75) is 26.0 Å². The molecule has 0 bridgehead atoms. The van der Waals surface area contributed by atoms with E-state index in [0.717, 1.165) is 5.56 Å². The summed E-state index contributed by atoms with van der Waals surface area (Å²) in [7, 11) is 1.79. The van der Waals surface area contributed by atoms with E-state index in [1.54, 1.807) is 11.9 Å². The summed E-state index contributed by atoms with van der Waals surface area (Å²) in [5.41, 5.74) is 0.381. The predicted octanol–water partition coefficient (Wildman–Crippen LogP) is 2.00. The van der Waals surface area contributed by atoms with Gasteiger partial charge in [0.2, 0.25) is 5.91 Å². The highest BCUT2D eigenvalue weighted by Gasteiger charge is 2.44. The van der Waals surface area contributed by atoms with Crippen LogP contribution in [-0.4, -0.2) is 53.1 Å². The van der Waals surface area contributed by atoms with Crippen LogP contribution in [0.4, 0.5) is 0 Å². The molecule has 1 aliphatic heterocycles. The van der Waals surface area contributed by atoms with Gasteiger partial charge in [-0.2, -0.15) is 0 Å². The van der Waals surface area contributed by atoms with Crippen LogP contribution in [0.1, 0.15) is 19.4 Å². The number of hydrogen-bond donors (Lipinski definition) is 1. The Labute approximate surface area is 131 Å². The fraction of sp³-hybridized carbons (Fsp3) is 0.562. The molecule has 1 heterocycles. The van der Waals surface area contributed by atoms with Gasteiger partial charge in [-0.1, -0.05) is 37.6 Å². The highest BCUT2D eigenvalue weighted by molar-refractivity contribution is 6.30. The van der Waals surface area contributed by atoms with Gasteiger partial charge in [0.05, 0.1) is 12.1 Å². The summed E-state index contributed by atoms with van der Waals surface area (Å²) >= 11 is 5.95. The van der Waals surface area contributed by atoms with Crippen LogP contribution >= 0.6 is 11.6 Å². The zero-order chi connectivity index (χ0) is 15.6. The van der Waals surface area contributed by atoms with Crippen LogP contribution < -0.4 is 0 Å². The summed E-state index contributed by atoms with van der Waals surface area (Å²) in [4.78, 5) is 15.9. The molecule has 1 aliphatic rings. The average Bonchev–Trinajstić information content (AvgIpc) is 2.36. The van der Waals surface area contributed by atoms with E-state index in [1.165, 1.54) is 0 Å². The molecule has 1 saturated heterocycles. The van der Waals surface area contributed by atoms with Crippen molar-refractivity contribution in [1.82, 2.24) is 9.80 Å². The number of rotatable bonds is 5.